The van der Waals surface area contributed by atoms with E-state index < -0.39 is 10.1 Å². The number of anilines is 1. The van der Waals surface area contributed by atoms with Crippen LogP contribution in [0.25, 0.3) is 0 Å². The smallest absolute Gasteiger partial charge is 0.339 e. The van der Waals surface area contributed by atoms with Gasteiger partial charge in [-0.15, -0.1) is 0 Å². The van der Waals surface area contributed by atoms with E-state index in [4.69, 9.17) is 4.18 Å². The standard InChI is InChI=1S/C19H23NO4S/c1-12(2)16-8-6-14(4)19(10-16)24-25(22,23)17-9-7-13(3)18(11-17)20-15(5)21/h6-12H,1-5H3,(H,20,21). The van der Waals surface area contributed by atoms with Crippen LogP contribution in [0.4, 0.5) is 5.69 Å². The van der Waals surface area contributed by atoms with Gasteiger partial charge in [0.05, 0.1) is 0 Å². The summed E-state index contributed by atoms with van der Waals surface area (Å²) in [6.45, 7) is 9.02. The first-order chi connectivity index (χ1) is 11.6. The summed E-state index contributed by atoms with van der Waals surface area (Å²) in [6, 6.07) is 10.1. The molecule has 1 amide bonds. The molecule has 0 aliphatic rings. The highest BCUT2D eigenvalue weighted by Gasteiger charge is 2.20. The number of carbonyl (C=O) groups excluding carboxylic acids is 1. The molecule has 0 aromatic heterocycles. The summed E-state index contributed by atoms with van der Waals surface area (Å²) < 4.78 is 30.7. The predicted molar refractivity (Wildman–Crippen MR) is 98.6 cm³/mol. The molecule has 0 unspecified atom stereocenters. The fourth-order valence-corrected chi connectivity index (χ4v) is 3.32. The first kappa shape index (κ1) is 19.0. The van der Waals surface area contributed by atoms with E-state index in [1.807, 2.05) is 26.0 Å². The van der Waals surface area contributed by atoms with Crippen molar-refractivity contribution in [3.63, 3.8) is 0 Å². The van der Waals surface area contributed by atoms with Crippen molar-refractivity contribution in [2.24, 2.45) is 0 Å². The van der Waals surface area contributed by atoms with Crippen LogP contribution in [0, 0.1) is 13.8 Å². The van der Waals surface area contributed by atoms with Crippen LogP contribution < -0.4 is 9.50 Å². The van der Waals surface area contributed by atoms with Crippen molar-refractivity contribution in [3.05, 3.63) is 53.1 Å². The Balaban J connectivity index is 2.40. The van der Waals surface area contributed by atoms with Crippen LogP contribution in [-0.2, 0) is 14.9 Å². The monoisotopic (exact) mass is 361 g/mol. The Hall–Kier alpha value is -2.34. The molecule has 0 heterocycles. The normalized spacial score (nSPS) is 11.4. The Kier molecular flexibility index (Phi) is 5.52. The molecule has 2 aromatic rings. The molecule has 0 bridgehead atoms. The first-order valence-electron chi connectivity index (χ1n) is 8.03. The highest BCUT2D eigenvalue weighted by molar-refractivity contribution is 7.87. The quantitative estimate of drug-likeness (QED) is 0.812. The van der Waals surface area contributed by atoms with E-state index in [-0.39, 0.29) is 16.7 Å². The Bertz CT molecular complexity index is 902. The van der Waals surface area contributed by atoms with Crippen LogP contribution >= 0.6 is 0 Å². The summed E-state index contributed by atoms with van der Waals surface area (Å²) in [6.07, 6.45) is 0. The number of rotatable bonds is 5. The van der Waals surface area contributed by atoms with Gasteiger partial charge in [-0.2, -0.15) is 8.42 Å². The van der Waals surface area contributed by atoms with E-state index in [0.29, 0.717) is 11.4 Å². The van der Waals surface area contributed by atoms with Gasteiger partial charge in [-0.05, 0) is 54.7 Å². The van der Waals surface area contributed by atoms with E-state index in [1.54, 1.807) is 26.0 Å². The molecule has 134 valence electrons. The zero-order valence-corrected chi connectivity index (χ0v) is 15.9. The van der Waals surface area contributed by atoms with E-state index in [9.17, 15) is 13.2 Å². The van der Waals surface area contributed by atoms with Crippen molar-refractivity contribution in [2.45, 2.75) is 45.4 Å². The van der Waals surface area contributed by atoms with Crippen LogP contribution in [0.15, 0.2) is 41.3 Å². The molecule has 0 fully saturated rings. The maximum atomic E-state index is 12.6. The minimum Gasteiger partial charge on any atom is -0.379 e. The molecule has 0 atom stereocenters. The summed E-state index contributed by atoms with van der Waals surface area (Å²) in [7, 11) is -4.00. The van der Waals surface area contributed by atoms with Crippen LogP contribution in [-0.4, -0.2) is 14.3 Å². The molecule has 25 heavy (non-hydrogen) atoms. The second-order valence-electron chi connectivity index (χ2n) is 6.38. The maximum Gasteiger partial charge on any atom is 0.339 e. The number of hydrogen-bond acceptors (Lipinski definition) is 4. The molecular weight excluding hydrogens is 338 g/mol. The van der Waals surface area contributed by atoms with Crippen molar-refractivity contribution < 1.29 is 17.4 Å². The zero-order valence-electron chi connectivity index (χ0n) is 15.1. The second kappa shape index (κ2) is 7.27. The fourth-order valence-electron chi connectivity index (χ4n) is 2.31. The van der Waals surface area contributed by atoms with Crippen molar-refractivity contribution in [3.8, 4) is 5.75 Å². The lowest BCUT2D eigenvalue weighted by molar-refractivity contribution is -0.114. The van der Waals surface area contributed by atoms with Crippen LogP contribution in [0.2, 0.25) is 0 Å². The lowest BCUT2D eigenvalue weighted by Gasteiger charge is -2.14. The Morgan fingerprint density at radius 2 is 1.68 bits per heavy atom. The summed E-state index contributed by atoms with van der Waals surface area (Å²) >= 11 is 0. The van der Waals surface area contributed by atoms with Crippen molar-refractivity contribution in [2.75, 3.05) is 5.32 Å². The molecule has 0 aliphatic heterocycles. The number of hydrogen-bond donors (Lipinski definition) is 1. The van der Waals surface area contributed by atoms with E-state index in [2.05, 4.69) is 5.32 Å². The number of amides is 1. The molecule has 0 radical (unpaired) electrons. The third kappa shape index (κ3) is 4.60. The third-order valence-corrected chi connectivity index (χ3v) is 5.12. The Morgan fingerprint density at radius 3 is 2.28 bits per heavy atom. The second-order valence-corrected chi connectivity index (χ2v) is 7.92. The van der Waals surface area contributed by atoms with E-state index in [1.165, 1.54) is 19.1 Å². The summed E-state index contributed by atoms with van der Waals surface area (Å²) in [5.41, 5.74) is 2.96. The summed E-state index contributed by atoms with van der Waals surface area (Å²) in [5.74, 6) is 0.309. The van der Waals surface area contributed by atoms with Gasteiger partial charge in [0.15, 0.2) is 0 Å². The lowest BCUT2D eigenvalue weighted by Crippen LogP contribution is -2.13. The van der Waals surface area contributed by atoms with Crippen LogP contribution in [0.1, 0.15) is 43.4 Å². The highest BCUT2D eigenvalue weighted by atomic mass is 32.2. The summed E-state index contributed by atoms with van der Waals surface area (Å²) in [5, 5.41) is 2.63. The topological polar surface area (TPSA) is 72.5 Å². The highest BCUT2D eigenvalue weighted by Crippen LogP contribution is 2.28. The van der Waals surface area contributed by atoms with Gasteiger partial charge >= 0.3 is 10.1 Å². The maximum absolute atomic E-state index is 12.6. The van der Waals surface area contributed by atoms with Crippen molar-refractivity contribution in [1.82, 2.24) is 0 Å². The molecule has 2 rings (SSSR count). The van der Waals surface area contributed by atoms with Gasteiger partial charge in [0.25, 0.3) is 0 Å². The molecule has 6 heteroatoms. The van der Waals surface area contributed by atoms with Gasteiger partial charge in [-0.1, -0.05) is 32.0 Å². The van der Waals surface area contributed by atoms with E-state index in [0.717, 1.165) is 16.7 Å². The average Bonchev–Trinajstić information content (AvgIpc) is 2.50. The molecule has 0 aliphatic carbocycles. The molecule has 0 spiro atoms. The average molecular weight is 361 g/mol. The third-order valence-electron chi connectivity index (χ3n) is 3.89. The minimum absolute atomic E-state index is 0.00352. The Labute approximate surface area is 149 Å². The number of benzene rings is 2. The molecule has 1 N–H and O–H groups in total. The molecule has 0 saturated carbocycles. The van der Waals surface area contributed by atoms with Gasteiger partial charge in [0, 0.05) is 12.6 Å². The fraction of sp³-hybridized carbons (Fsp3) is 0.316. The molecule has 0 saturated heterocycles. The number of nitrogens with one attached hydrogen (secondary N) is 1. The van der Waals surface area contributed by atoms with Crippen LogP contribution in [0.5, 0.6) is 5.75 Å². The minimum atomic E-state index is -4.00. The van der Waals surface area contributed by atoms with Gasteiger partial charge in [-0.3, -0.25) is 4.79 Å². The van der Waals surface area contributed by atoms with Gasteiger partial charge in [-0.25, -0.2) is 0 Å². The Morgan fingerprint density at radius 1 is 1.04 bits per heavy atom. The zero-order chi connectivity index (χ0) is 18.8. The SMILES string of the molecule is CC(=O)Nc1cc(S(=O)(=O)Oc2cc(C(C)C)ccc2C)ccc1C. The molecule has 5 nitrogen and oxygen atoms in total. The number of aryl methyl sites for hydroxylation is 2. The van der Waals surface area contributed by atoms with Crippen molar-refractivity contribution >= 4 is 21.7 Å². The van der Waals surface area contributed by atoms with Crippen LogP contribution in [0.3, 0.4) is 0 Å². The van der Waals surface area contributed by atoms with Gasteiger partial charge < -0.3 is 9.50 Å². The molecular formula is C19H23NO4S. The van der Waals surface area contributed by atoms with Gasteiger partial charge in [0.2, 0.25) is 5.91 Å². The number of carbonyl (C=O) groups is 1. The predicted octanol–water partition coefficient (Wildman–Crippen LogP) is 4.15. The summed E-state index contributed by atoms with van der Waals surface area (Å²) in [4.78, 5) is 11.3. The van der Waals surface area contributed by atoms with E-state index >= 15 is 0 Å². The van der Waals surface area contributed by atoms with Crippen molar-refractivity contribution in [1.29, 1.82) is 0 Å². The largest absolute Gasteiger partial charge is 0.379 e. The molecule has 2 aromatic carbocycles. The lowest BCUT2D eigenvalue weighted by atomic mass is 10.0. The first-order valence-corrected chi connectivity index (χ1v) is 9.44. The van der Waals surface area contributed by atoms with Gasteiger partial charge in [0.1, 0.15) is 10.6 Å².